The molecular weight excluding hydrogens is 333 g/mol. The van der Waals surface area contributed by atoms with E-state index in [4.69, 9.17) is 9.47 Å². The molecule has 0 aromatic heterocycles. The predicted molar refractivity (Wildman–Crippen MR) is 77.8 cm³/mol. The molecule has 1 rings (SSSR count). The topological polar surface area (TPSA) is 44.8 Å². The Morgan fingerprint density at radius 3 is 2.10 bits per heavy atom. The van der Waals surface area contributed by atoms with E-state index in [-0.39, 0.29) is 40.1 Å². The van der Waals surface area contributed by atoms with E-state index in [9.17, 15) is 4.79 Å². The van der Waals surface area contributed by atoms with Gasteiger partial charge in [0.1, 0.15) is 11.3 Å². The fourth-order valence-corrected chi connectivity index (χ4v) is 1.32. The van der Waals surface area contributed by atoms with Gasteiger partial charge < -0.3 is 21.6 Å². The van der Waals surface area contributed by atoms with Crippen LogP contribution in [-0.4, -0.2) is 27.3 Å². The molecule has 0 N–H and O–H groups in total. The quantitative estimate of drug-likeness (QED) is 0.359. The van der Waals surface area contributed by atoms with Crippen LogP contribution in [0.15, 0.2) is 30.5 Å². The molecule has 0 bridgehead atoms. The van der Waals surface area contributed by atoms with Crippen molar-refractivity contribution in [3.63, 3.8) is 0 Å². The molecule has 0 saturated carbocycles. The molecular formula is C15H23O4Y-. The first-order valence-electron chi connectivity index (χ1n) is 5.69. The summed E-state index contributed by atoms with van der Waals surface area (Å²) in [7, 11) is 4.33. The monoisotopic (exact) mass is 356 g/mol. The van der Waals surface area contributed by atoms with Gasteiger partial charge in [-0.05, 0) is 6.07 Å². The Morgan fingerprint density at radius 1 is 1.10 bits per heavy atom. The molecule has 0 aliphatic carbocycles. The molecule has 1 aromatic carbocycles. The number of hydrogen-bond acceptors (Lipinski definition) is 4. The molecule has 0 saturated heterocycles. The van der Waals surface area contributed by atoms with Gasteiger partial charge in [0.15, 0.2) is 0 Å². The molecule has 1 aromatic rings. The number of rotatable bonds is 4. The van der Waals surface area contributed by atoms with E-state index in [1.165, 1.54) is 20.5 Å². The summed E-state index contributed by atoms with van der Waals surface area (Å²) in [5, 5.41) is 0. The van der Waals surface area contributed by atoms with Gasteiger partial charge in [-0.1, -0.05) is 32.0 Å². The first-order valence-corrected chi connectivity index (χ1v) is 5.69. The van der Waals surface area contributed by atoms with Gasteiger partial charge in [0, 0.05) is 38.3 Å². The second-order valence-electron chi connectivity index (χ2n) is 2.96. The summed E-state index contributed by atoms with van der Waals surface area (Å²) in [5.41, 5.74) is 0.959. The number of methoxy groups -OCH3 is 3. The third-order valence-corrected chi connectivity index (χ3v) is 2.04. The summed E-state index contributed by atoms with van der Waals surface area (Å²) in [5.74, 6) is 0.127. The van der Waals surface area contributed by atoms with Gasteiger partial charge >= 0.3 is 5.97 Å². The molecule has 111 valence electrons. The number of carbonyl (C=O) groups excluding carboxylic acids is 1. The second-order valence-corrected chi connectivity index (χ2v) is 2.96. The molecule has 0 aliphatic rings. The van der Waals surface area contributed by atoms with Crippen molar-refractivity contribution >= 4 is 11.5 Å². The van der Waals surface area contributed by atoms with Gasteiger partial charge in [-0.3, -0.25) is 0 Å². The smallest absolute Gasteiger partial charge is 0.341 e. The Kier molecular flexibility index (Phi) is 17.6. The van der Waals surface area contributed by atoms with Crippen LogP contribution in [0.1, 0.15) is 19.4 Å². The van der Waals surface area contributed by atoms with Gasteiger partial charge in [0.05, 0.1) is 27.6 Å². The van der Waals surface area contributed by atoms with Crippen LogP contribution >= 0.6 is 0 Å². The van der Waals surface area contributed by atoms with Crippen LogP contribution in [0, 0.1) is 7.43 Å². The number of ether oxygens (including phenoxy) is 3. The van der Waals surface area contributed by atoms with E-state index in [0.29, 0.717) is 16.9 Å². The number of esters is 1. The largest absolute Gasteiger partial charge is 0.503 e. The Bertz CT molecular complexity index is 403. The normalized spacial score (nSPS) is 8.95. The number of hydrogen-bond donors (Lipinski definition) is 0. The van der Waals surface area contributed by atoms with Crippen molar-refractivity contribution in [3.8, 4) is 5.75 Å². The molecule has 0 atom stereocenters. The first kappa shape index (κ1) is 24.2. The van der Waals surface area contributed by atoms with Crippen molar-refractivity contribution in [2.45, 2.75) is 13.8 Å². The molecule has 1 radical (unpaired) electrons. The summed E-state index contributed by atoms with van der Waals surface area (Å²) < 4.78 is 14.7. The van der Waals surface area contributed by atoms with Gasteiger partial charge in [-0.2, -0.15) is 0 Å². The summed E-state index contributed by atoms with van der Waals surface area (Å²) >= 11 is 0. The molecule has 0 fully saturated rings. The average Bonchev–Trinajstić information content (AvgIpc) is 2.46. The van der Waals surface area contributed by atoms with Gasteiger partial charge in [0.25, 0.3) is 0 Å². The summed E-state index contributed by atoms with van der Waals surface area (Å²) in [6.45, 7) is 4.00. The molecule has 4 nitrogen and oxygen atoms in total. The summed E-state index contributed by atoms with van der Waals surface area (Å²) in [6, 6.07) is 7.16. The van der Waals surface area contributed by atoms with Gasteiger partial charge in [-0.15, -0.1) is 0 Å². The zero-order valence-corrected chi connectivity index (χ0v) is 15.9. The minimum atomic E-state index is -0.466. The van der Waals surface area contributed by atoms with Crippen molar-refractivity contribution in [2.24, 2.45) is 0 Å². The Morgan fingerprint density at radius 2 is 1.65 bits per heavy atom. The standard InChI is InChI=1S/C12H14O4.C2H6.CH3.Y/c1-14-8-10(12(13)16-3)9-6-4-5-7-11(9)15-2;1-2;;/h4-8H,1-3H3;1-2H3;1H3;/q;;-1;. The molecule has 0 amide bonds. The number of para-hydroxylation sites is 1. The van der Waals surface area contributed by atoms with E-state index in [1.807, 2.05) is 26.0 Å². The van der Waals surface area contributed by atoms with E-state index >= 15 is 0 Å². The third-order valence-electron chi connectivity index (χ3n) is 2.04. The van der Waals surface area contributed by atoms with E-state index in [2.05, 4.69) is 4.74 Å². The summed E-state index contributed by atoms with van der Waals surface area (Å²) in [4.78, 5) is 11.5. The Hall–Kier alpha value is -0.866. The fourth-order valence-electron chi connectivity index (χ4n) is 1.32. The van der Waals surface area contributed by atoms with Crippen molar-refractivity contribution in [2.75, 3.05) is 21.3 Å². The zero-order chi connectivity index (χ0) is 14.0. The molecule has 0 aliphatic heterocycles. The summed E-state index contributed by atoms with van der Waals surface area (Å²) in [6.07, 6.45) is 1.34. The van der Waals surface area contributed by atoms with E-state index in [0.717, 1.165) is 0 Å². The maximum Gasteiger partial charge on any atom is 0.341 e. The van der Waals surface area contributed by atoms with Crippen molar-refractivity contribution in [1.82, 2.24) is 0 Å². The molecule has 0 unspecified atom stereocenters. The van der Waals surface area contributed by atoms with E-state index < -0.39 is 5.97 Å². The Labute approximate surface area is 147 Å². The minimum absolute atomic E-state index is 0. The third kappa shape index (κ3) is 7.06. The Balaban J connectivity index is -0.000000689. The predicted octanol–water partition coefficient (Wildman–Crippen LogP) is 3.33. The SMILES string of the molecule is CC.COC=C(C(=O)OC)c1ccccc1OC.[CH3-].[Y]. The van der Waals surface area contributed by atoms with Crippen molar-refractivity contribution in [1.29, 1.82) is 0 Å². The van der Waals surface area contributed by atoms with Crippen LogP contribution in [-0.2, 0) is 47.0 Å². The van der Waals surface area contributed by atoms with E-state index in [1.54, 1.807) is 19.2 Å². The maximum absolute atomic E-state index is 11.5. The number of benzene rings is 1. The number of carbonyl (C=O) groups is 1. The minimum Gasteiger partial charge on any atom is -0.503 e. The van der Waals surface area contributed by atoms with Crippen LogP contribution in [0.4, 0.5) is 0 Å². The van der Waals surface area contributed by atoms with Crippen LogP contribution in [0.2, 0.25) is 0 Å². The van der Waals surface area contributed by atoms with Gasteiger partial charge in [-0.25, -0.2) is 4.79 Å². The van der Waals surface area contributed by atoms with Crippen molar-refractivity contribution < 1.29 is 51.7 Å². The van der Waals surface area contributed by atoms with Crippen molar-refractivity contribution in [3.05, 3.63) is 43.5 Å². The van der Waals surface area contributed by atoms with Crippen LogP contribution in [0.3, 0.4) is 0 Å². The van der Waals surface area contributed by atoms with Crippen LogP contribution < -0.4 is 4.74 Å². The average molecular weight is 356 g/mol. The first-order chi connectivity index (χ1) is 8.74. The fraction of sp³-hybridized carbons (Fsp3) is 0.333. The molecule has 20 heavy (non-hydrogen) atoms. The molecule has 0 heterocycles. The second kappa shape index (κ2) is 14.5. The molecule has 0 spiro atoms. The van der Waals surface area contributed by atoms with Crippen LogP contribution in [0.5, 0.6) is 5.75 Å². The van der Waals surface area contributed by atoms with Crippen LogP contribution in [0.25, 0.3) is 5.57 Å². The maximum atomic E-state index is 11.5. The zero-order valence-electron chi connectivity index (χ0n) is 13.1. The molecule has 5 heteroatoms. The van der Waals surface area contributed by atoms with Gasteiger partial charge in [0.2, 0.25) is 0 Å².